The predicted octanol–water partition coefficient (Wildman–Crippen LogP) is 0.406. The Kier molecular flexibility index (Phi) is 4.46. The molecule has 0 unspecified atom stereocenters. The number of hydrogen-bond acceptors (Lipinski definition) is 5. The van der Waals surface area contributed by atoms with E-state index < -0.39 is 10.0 Å². The van der Waals surface area contributed by atoms with Crippen LogP contribution < -0.4 is 0 Å². The Labute approximate surface area is 123 Å². The first-order chi connectivity index (χ1) is 9.27. The molecule has 1 aliphatic heterocycles. The molecule has 1 fully saturated rings. The number of aromatic nitrogens is 1. The van der Waals surface area contributed by atoms with Crippen LogP contribution in [0, 0.1) is 13.8 Å². The number of hydrogen-bond donors (Lipinski definition) is 0. The van der Waals surface area contributed by atoms with Crippen molar-refractivity contribution in [3.05, 3.63) is 15.6 Å². The van der Waals surface area contributed by atoms with Crippen LogP contribution in [0.3, 0.4) is 0 Å². The van der Waals surface area contributed by atoms with Gasteiger partial charge < -0.3 is 4.90 Å². The lowest BCUT2D eigenvalue weighted by molar-refractivity contribution is -0.131. The second kappa shape index (κ2) is 5.79. The van der Waals surface area contributed by atoms with E-state index in [1.165, 1.54) is 10.6 Å². The topological polar surface area (TPSA) is 70.6 Å². The lowest BCUT2D eigenvalue weighted by Gasteiger charge is -2.33. The molecule has 1 aromatic heterocycles. The third-order valence-corrected chi connectivity index (χ3v) is 5.61. The van der Waals surface area contributed by atoms with E-state index in [0.717, 1.165) is 15.6 Å². The van der Waals surface area contributed by atoms with Gasteiger partial charge in [-0.15, -0.1) is 11.3 Å². The van der Waals surface area contributed by atoms with Crippen LogP contribution in [0.2, 0.25) is 0 Å². The Balaban J connectivity index is 1.94. The van der Waals surface area contributed by atoms with Crippen LogP contribution in [0.1, 0.15) is 15.6 Å². The molecule has 2 heterocycles. The maximum Gasteiger partial charge on any atom is 0.228 e. The van der Waals surface area contributed by atoms with E-state index in [-0.39, 0.29) is 5.91 Å². The van der Waals surface area contributed by atoms with Crippen molar-refractivity contribution in [3.8, 4) is 0 Å². The Morgan fingerprint density at radius 2 is 1.85 bits per heavy atom. The average Bonchev–Trinajstić information content (AvgIpc) is 2.67. The van der Waals surface area contributed by atoms with E-state index in [2.05, 4.69) is 4.98 Å². The quantitative estimate of drug-likeness (QED) is 0.809. The summed E-state index contributed by atoms with van der Waals surface area (Å²) in [6, 6.07) is 0. The summed E-state index contributed by atoms with van der Waals surface area (Å²) < 4.78 is 24.2. The molecule has 6 nitrogen and oxygen atoms in total. The summed E-state index contributed by atoms with van der Waals surface area (Å²) in [4.78, 5) is 19.4. The fourth-order valence-electron chi connectivity index (χ4n) is 2.26. The molecule has 0 bridgehead atoms. The molecule has 2 rings (SSSR count). The van der Waals surface area contributed by atoms with Crippen molar-refractivity contribution < 1.29 is 13.2 Å². The highest BCUT2D eigenvalue weighted by Crippen LogP contribution is 2.18. The molecular weight excluding hydrogens is 298 g/mol. The van der Waals surface area contributed by atoms with Crippen molar-refractivity contribution >= 4 is 27.3 Å². The number of piperazine rings is 1. The average molecular weight is 317 g/mol. The lowest BCUT2D eigenvalue weighted by Crippen LogP contribution is -2.50. The van der Waals surface area contributed by atoms with Crippen LogP contribution in [-0.2, 0) is 21.2 Å². The van der Waals surface area contributed by atoms with Crippen LogP contribution in [0.5, 0.6) is 0 Å². The van der Waals surface area contributed by atoms with Crippen LogP contribution in [0.4, 0.5) is 0 Å². The smallest absolute Gasteiger partial charge is 0.228 e. The van der Waals surface area contributed by atoms with Crippen LogP contribution >= 0.6 is 11.3 Å². The van der Waals surface area contributed by atoms with Gasteiger partial charge in [-0.25, -0.2) is 13.4 Å². The zero-order valence-corrected chi connectivity index (χ0v) is 13.6. The third-order valence-electron chi connectivity index (χ3n) is 3.38. The lowest BCUT2D eigenvalue weighted by atomic mass is 10.2. The number of nitrogens with zero attached hydrogens (tertiary/aromatic N) is 3. The molecule has 0 aromatic carbocycles. The second-order valence-electron chi connectivity index (χ2n) is 4.96. The Hall–Kier alpha value is -0.990. The molecular formula is C12H19N3O3S2. The van der Waals surface area contributed by atoms with Crippen molar-refractivity contribution in [1.29, 1.82) is 0 Å². The molecule has 1 aliphatic rings. The largest absolute Gasteiger partial charge is 0.340 e. The maximum atomic E-state index is 12.2. The van der Waals surface area contributed by atoms with Gasteiger partial charge >= 0.3 is 0 Å². The molecule has 1 saturated heterocycles. The minimum atomic E-state index is -3.15. The van der Waals surface area contributed by atoms with E-state index in [0.29, 0.717) is 32.6 Å². The molecule has 0 atom stereocenters. The van der Waals surface area contributed by atoms with Crippen molar-refractivity contribution in [2.75, 3.05) is 32.4 Å². The summed E-state index contributed by atoms with van der Waals surface area (Å²) in [5.74, 6) is 0.0200. The van der Waals surface area contributed by atoms with Crippen molar-refractivity contribution in [3.63, 3.8) is 0 Å². The molecule has 0 saturated carbocycles. The van der Waals surface area contributed by atoms with Crippen molar-refractivity contribution in [1.82, 2.24) is 14.2 Å². The molecule has 8 heteroatoms. The summed E-state index contributed by atoms with van der Waals surface area (Å²) in [7, 11) is -3.15. The van der Waals surface area contributed by atoms with E-state index in [1.807, 2.05) is 13.8 Å². The van der Waals surface area contributed by atoms with Gasteiger partial charge in [0.1, 0.15) is 0 Å². The fraction of sp³-hybridized carbons (Fsp3) is 0.667. The highest BCUT2D eigenvalue weighted by atomic mass is 32.2. The molecule has 112 valence electrons. The summed E-state index contributed by atoms with van der Waals surface area (Å²) >= 11 is 1.59. The van der Waals surface area contributed by atoms with Crippen LogP contribution in [-0.4, -0.2) is 60.9 Å². The van der Waals surface area contributed by atoms with E-state index in [4.69, 9.17) is 0 Å². The first-order valence-electron chi connectivity index (χ1n) is 6.43. The molecule has 0 spiro atoms. The van der Waals surface area contributed by atoms with E-state index in [9.17, 15) is 13.2 Å². The first kappa shape index (κ1) is 15.4. The first-order valence-corrected chi connectivity index (χ1v) is 9.09. The minimum absolute atomic E-state index is 0.0200. The van der Waals surface area contributed by atoms with Gasteiger partial charge in [0.15, 0.2) is 0 Å². The number of carbonyl (C=O) groups excluding carboxylic acids is 1. The molecule has 1 aromatic rings. The zero-order chi connectivity index (χ0) is 14.9. The van der Waals surface area contributed by atoms with E-state index in [1.54, 1.807) is 16.2 Å². The van der Waals surface area contributed by atoms with Crippen LogP contribution in [0.25, 0.3) is 0 Å². The van der Waals surface area contributed by atoms with Crippen molar-refractivity contribution in [2.24, 2.45) is 0 Å². The highest BCUT2D eigenvalue weighted by Gasteiger charge is 2.26. The fourth-order valence-corrected chi connectivity index (χ4v) is 3.92. The normalized spacial score (nSPS) is 17.4. The predicted molar refractivity (Wildman–Crippen MR) is 78.3 cm³/mol. The SMILES string of the molecule is Cc1nc(CC(=O)N2CCN(S(C)(=O)=O)CC2)c(C)s1. The van der Waals surface area contributed by atoms with Crippen molar-refractivity contribution in [2.45, 2.75) is 20.3 Å². The minimum Gasteiger partial charge on any atom is -0.340 e. The maximum absolute atomic E-state index is 12.2. The van der Waals surface area contributed by atoms with Gasteiger partial charge in [-0.05, 0) is 13.8 Å². The molecule has 0 N–H and O–H groups in total. The van der Waals surface area contributed by atoms with Gasteiger partial charge in [0.05, 0.1) is 23.4 Å². The number of carbonyl (C=O) groups is 1. The Bertz CT molecular complexity index is 601. The van der Waals surface area contributed by atoms with Gasteiger partial charge in [-0.3, -0.25) is 4.79 Å². The van der Waals surface area contributed by atoms with Crippen LogP contribution in [0.15, 0.2) is 0 Å². The molecule has 1 amide bonds. The zero-order valence-electron chi connectivity index (χ0n) is 11.9. The summed E-state index contributed by atoms with van der Waals surface area (Å²) in [6.07, 6.45) is 1.50. The number of rotatable bonds is 3. The second-order valence-corrected chi connectivity index (χ2v) is 8.35. The monoisotopic (exact) mass is 317 g/mol. The van der Waals surface area contributed by atoms with Gasteiger partial charge in [-0.2, -0.15) is 4.31 Å². The van der Waals surface area contributed by atoms with Gasteiger partial charge in [0.25, 0.3) is 0 Å². The van der Waals surface area contributed by atoms with Gasteiger partial charge in [0.2, 0.25) is 15.9 Å². The van der Waals surface area contributed by atoms with E-state index >= 15 is 0 Å². The number of aryl methyl sites for hydroxylation is 2. The number of amides is 1. The molecule has 20 heavy (non-hydrogen) atoms. The highest BCUT2D eigenvalue weighted by molar-refractivity contribution is 7.88. The third kappa shape index (κ3) is 3.56. The van der Waals surface area contributed by atoms with Gasteiger partial charge in [0, 0.05) is 31.1 Å². The van der Waals surface area contributed by atoms with Gasteiger partial charge in [-0.1, -0.05) is 0 Å². The summed E-state index contributed by atoms with van der Waals surface area (Å²) in [5.41, 5.74) is 0.836. The Morgan fingerprint density at radius 1 is 1.25 bits per heavy atom. The Morgan fingerprint density at radius 3 is 2.30 bits per heavy atom. The molecule has 0 radical (unpaired) electrons. The number of sulfonamides is 1. The molecule has 0 aliphatic carbocycles. The summed E-state index contributed by atoms with van der Waals surface area (Å²) in [6.45, 7) is 5.55. The number of thiazole rings is 1. The summed E-state index contributed by atoms with van der Waals surface area (Å²) in [5, 5.41) is 0.965. The standard InChI is InChI=1S/C12H19N3O3S2/c1-9-11(13-10(2)19-9)8-12(16)14-4-6-15(7-5-14)20(3,17)18/h4-8H2,1-3H3.